The highest BCUT2D eigenvalue weighted by Crippen LogP contribution is 2.26. The first-order valence-electron chi connectivity index (χ1n) is 11.1. The third-order valence-corrected chi connectivity index (χ3v) is 5.65. The van der Waals surface area contributed by atoms with Crippen molar-refractivity contribution in [3.8, 4) is 0 Å². The molecule has 1 fully saturated rings. The highest BCUT2D eigenvalue weighted by molar-refractivity contribution is 5.88. The highest BCUT2D eigenvalue weighted by Gasteiger charge is 2.36. The van der Waals surface area contributed by atoms with Gasteiger partial charge in [0.2, 0.25) is 5.91 Å². The Hall–Kier alpha value is -3.24. The zero-order valence-electron chi connectivity index (χ0n) is 18.9. The normalized spacial score (nSPS) is 16.7. The summed E-state index contributed by atoms with van der Waals surface area (Å²) in [5.74, 6) is 0.446. The van der Waals surface area contributed by atoms with Crippen molar-refractivity contribution in [1.29, 1.82) is 0 Å². The summed E-state index contributed by atoms with van der Waals surface area (Å²) < 4.78 is 18.2. The molecule has 0 bridgehead atoms. The summed E-state index contributed by atoms with van der Waals surface area (Å²) in [6, 6.07) is 10.0. The summed E-state index contributed by atoms with van der Waals surface area (Å²) in [5, 5.41) is 11.1. The summed E-state index contributed by atoms with van der Waals surface area (Å²) in [6.45, 7) is 3.34. The molecule has 10 nitrogen and oxygen atoms in total. The zero-order valence-corrected chi connectivity index (χ0v) is 18.9. The van der Waals surface area contributed by atoms with E-state index in [9.17, 15) is 9.59 Å². The van der Waals surface area contributed by atoms with Crippen molar-refractivity contribution in [2.75, 3.05) is 33.4 Å². The molecule has 0 spiro atoms. The summed E-state index contributed by atoms with van der Waals surface area (Å²) in [6.07, 6.45) is 1.60. The molecular weight excluding hydrogens is 426 g/mol. The van der Waals surface area contributed by atoms with Gasteiger partial charge in [-0.3, -0.25) is 9.59 Å². The van der Waals surface area contributed by atoms with Crippen LogP contribution in [0.5, 0.6) is 0 Å². The topological polar surface area (TPSA) is 112 Å². The van der Waals surface area contributed by atoms with Crippen LogP contribution in [-0.4, -0.2) is 71.2 Å². The first kappa shape index (κ1) is 22.9. The Bertz CT molecular complexity index is 1090. The Morgan fingerprint density at radius 1 is 1.30 bits per heavy atom. The van der Waals surface area contributed by atoms with Crippen LogP contribution in [0, 0.1) is 6.92 Å². The van der Waals surface area contributed by atoms with Gasteiger partial charge >= 0.3 is 0 Å². The lowest BCUT2D eigenvalue weighted by molar-refractivity contribution is -0.144. The highest BCUT2D eigenvalue weighted by atomic mass is 16.5. The second kappa shape index (κ2) is 10.6. The lowest BCUT2D eigenvalue weighted by Gasteiger charge is -2.31. The molecule has 0 radical (unpaired) electrons. The van der Waals surface area contributed by atoms with Gasteiger partial charge < -0.3 is 24.1 Å². The number of amides is 2. The molecule has 0 saturated carbocycles. The summed E-state index contributed by atoms with van der Waals surface area (Å²) in [7, 11) is 1.56. The van der Waals surface area contributed by atoms with E-state index in [1.54, 1.807) is 30.8 Å². The summed E-state index contributed by atoms with van der Waals surface area (Å²) in [5.41, 5.74) is 1.45. The van der Waals surface area contributed by atoms with Gasteiger partial charge in [0.1, 0.15) is 23.6 Å². The van der Waals surface area contributed by atoms with E-state index in [0.717, 1.165) is 18.4 Å². The number of ether oxygens (including phenoxy) is 2. The van der Waals surface area contributed by atoms with Crippen LogP contribution < -0.4 is 5.32 Å². The van der Waals surface area contributed by atoms with Crippen molar-refractivity contribution in [2.45, 2.75) is 38.5 Å². The number of nitrogens with zero attached hydrogens (tertiary/aromatic N) is 4. The molecule has 3 aromatic rings. The van der Waals surface area contributed by atoms with Crippen molar-refractivity contribution >= 4 is 22.8 Å². The first-order valence-corrected chi connectivity index (χ1v) is 11.1. The van der Waals surface area contributed by atoms with Crippen LogP contribution in [0.4, 0.5) is 0 Å². The lowest BCUT2D eigenvalue weighted by Crippen LogP contribution is -2.48. The molecular formula is C23H29N5O5. The largest absolute Gasteiger partial charge is 0.464 e. The van der Waals surface area contributed by atoms with E-state index in [4.69, 9.17) is 13.9 Å². The molecule has 2 aromatic heterocycles. The Kier molecular flexibility index (Phi) is 7.36. The maximum atomic E-state index is 13.6. The molecule has 3 heterocycles. The molecule has 1 aliphatic rings. The smallest absolute Gasteiger partial charge is 0.250 e. The number of carbonyl (C=O) groups is 2. The molecule has 2 atom stereocenters. The zero-order chi connectivity index (χ0) is 23.2. The maximum Gasteiger partial charge on any atom is 0.250 e. The average Bonchev–Trinajstić information content (AvgIpc) is 3.56. The first-order chi connectivity index (χ1) is 16.1. The van der Waals surface area contributed by atoms with Crippen LogP contribution in [0.2, 0.25) is 0 Å². The van der Waals surface area contributed by atoms with E-state index in [2.05, 4.69) is 15.6 Å². The van der Waals surface area contributed by atoms with E-state index < -0.39 is 6.04 Å². The van der Waals surface area contributed by atoms with Gasteiger partial charge in [0, 0.05) is 26.8 Å². The van der Waals surface area contributed by atoms with Crippen LogP contribution in [0.25, 0.3) is 11.0 Å². The minimum absolute atomic E-state index is 0.0607. The van der Waals surface area contributed by atoms with E-state index >= 15 is 0 Å². The predicted octanol–water partition coefficient (Wildman–Crippen LogP) is 1.84. The van der Waals surface area contributed by atoms with Crippen molar-refractivity contribution in [3.05, 3.63) is 47.9 Å². The Morgan fingerprint density at radius 3 is 2.88 bits per heavy atom. The Balaban J connectivity index is 1.64. The van der Waals surface area contributed by atoms with E-state index in [0.29, 0.717) is 36.8 Å². The van der Waals surface area contributed by atoms with Crippen LogP contribution in [-0.2, 0) is 25.6 Å². The molecule has 1 saturated heterocycles. The molecule has 1 aromatic carbocycles. The number of fused-ring (bicyclic) bond motifs is 1. The average molecular weight is 456 g/mol. The Morgan fingerprint density at radius 2 is 2.15 bits per heavy atom. The van der Waals surface area contributed by atoms with Crippen LogP contribution >= 0.6 is 0 Å². The standard InChI is InChI=1S/C23H29N5O5/c1-16-9-10-20(33-16)22(23(30)24-11-13-31-2)27(14-17-6-5-12-32-17)21(29)15-28-19-8-4-3-7-18(19)25-26-28/h3-4,7-10,17,22H,5-6,11-15H2,1-2H3,(H,24,30)/t17-,22-/m0/s1. The van der Waals surface area contributed by atoms with Crippen LogP contribution in [0.15, 0.2) is 40.8 Å². The van der Waals surface area contributed by atoms with E-state index in [1.165, 1.54) is 4.90 Å². The van der Waals surface area contributed by atoms with Gasteiger partial charge in [0.15, 0.2) is 6.04 Å². The number of furan rings is 1. The van der Waals surface area contributed by atoms with Gasteiger partial charge in [0.25, 0.3) is 5.91 Å². The number of benzene rings is 1. The fourth-order valence-electron chi connectivity index (χ4n) is 4.01. The number of methoxy groups -OCH3 is 1. The van der Waals surface area contributed by atoms with Gasteiger partial charge in [-0.2, -0.15) is 0 Å². The molecule has 2 amide bonds. The van der Waals surface area contributed by atoms with Crippen LogP contribution in [0.1, 0.15) is 30.4 Å². The summed E-state index contributed by atoms with van der Waals surface area (Å²) >= 11 is 0. The lowest BCUT2D eigenvalue weighted by atomic mass is 10.1. The van der Waals surface area contributed by atoms with Gasteiger partial charge in [-0.15, -0.1) is 5.10 Å². The monoisotopic (exact) mass is 455 g/mol. The maximum absolute atomic E-state index is 13.6. The molecule has 0 unspecified atom stereocenters. The number of para-hydroxylation sites is 1. The molecule has 0 aliphatic carbocycles. The third-order valence-electron chi connectivity index (χ3n) is 5.65. The number of carbonyl (C=O) groups excluding carboxylic acids is 2. The van der Waals surface area contributed by atoms with Crippen molar-refractivity contribution < 1.29 is 23.5 Å². The SMILES string of the molecule is COCCNC(=O)[C@H](c1ccc(C)o1)N(C[C@@H]1CCCO1)C(=O)Cn1nnc2ccccc21. The second-order valence-electron chi connectivity index (χ2n) is 8.05. The number of nitrogens with one attached hydrogen (secondary N) is 1. The van der Waals surface area contributed by atoms with Crippen molar-refractivity contribution in [2.24, 2.45) is 0 Å². The van der Waals surface area contributed by atoms with Gasteiger partial charge in [0.05, 0.1) is 18.2 Å². The molecule has 10 heteroatoms. The molecule has 176 valence electrons. The van der Waals surface area contributed by atoms with Gasteiger partial charge in [-0.05, 0) is 44.0 Å². The molecule has 1 N–H and O–H groups in total. The quantitative estimate of drug-likeness (QED) is 0.464. The van der Waals surface area contributed by atoms with Crippen LogP contribution in [0.3, 0.4) is 0 Å². The summed E-state index contributed by atoms with van der Waals surface area (Å²) in [4.78, 5) is 28.4. The fourth-order valence-corrected chi connectivity index (χ4v) is 4.01. The van der Waals surface area contributed by atoms with Gasteiger partial charge in [-0.25, -0.2) is 4.68 Å². The molecule has 1 aliphatic heterocycles. The number of hydrogen-bond donors (Lipinski definition) is 1. The minimum Gasteiger partial charge on any atom is -0.464 e. The van der Waals surface area contributed by atoms with Crippen molar-refractivity contribution in [3.63, 3.8) is 0 Å². The third kappa shape index (κ3) is 5.40. The van der Waals surface area contributed by atoms with E-state index in [1.807, 2.05) is 24.3 Å². The molecule has 4 rings (SSSR count). The number of hydrogen-bond acceptors (Lipinski definition) is 7. The number of rotatable bonds is 10. The predicted molar refractivity (Wildman–Crippen MR) is 119 cm³/mol. The van der Waals surface area contributed by atoms with Gasteiger partial charge in [-0.1, -0.05) is 17.3 Å². The fraction of sp³-hybridized carbons (Fsp3) is 0.478. The Labute approximate surface area is 191 Å². The minimum atomic E-state index is -0.943. The number of aryl methyl sites for hydroxylation is 1. The number of aromatic nitrogens is 3. The van der Waals surface area contributed by atoms with E-state index in [-0.39, 0.29) is 31.0 Å². The second-order valence-corrected chi connectivity index (χ2v) is 8.05. The van der Waals surface area contributed by atoms with Crippen molar-refractivity contribution in [1.82, 2.24) is 25.2 Å². The molecule has 33 heavy (non-hydrogen) atoms.